The Balaban J connectivity index is 1.40. The van der Waals surface area contributed by atoms with E-state index in [2.05, 4.69) is 67.8 Å². The molecule has 0 saturated carbocycles. The maximum Gasteiger partial charge on any atom is 0.220 e. The van der Waals surface area contributed by atoms with Crippen molar-refractivity contribution in [2.24, 2.45) is 0 Å². The van der Waals surface area contributed by atoms with Crippen LogP contribution < -0.4 is 5.32 Å². The maximum atomic E-state index is 13.5. The van der Waals surface area contributed by atoms with Gasteiger partial charge in [0.25, 0.3) is 0 Å². The molecule has 3 aliphatic heterocycles. The summed E-state index contributed by atoms with van der Waals surface area (Å²) in [5.41, 5.74) is 0. The number of carbonyl (C=O) groups excluding carboxylic acids is 1. The Morgan fingerprint density at radius 3 is 1.07 bits per heavy atom. The van der Waals surface area contributed by atoms with E-state index in [4.69, 9.17) is 28.4 Å². The van der Waals surface area contributed by atoms with Gasteiger partial charge in [-0.15, -0.1) is 0 Å². The van der Waals surface area contributed by atoms with Crippen molar-refractivity contribution in [3.63, 3.8) is 0 Å². The zero-order chi connectivity index (χ0) is 71.8. The number of carbonyl (C=O) groups is 1. The molecule has 0 bridgehead atoms. The number of aliphatic hydroxyl groups excluding tert-OH is 11. The molecule has 3 rings (SSSR count). The van der Waals surface area contributed by atoms with Crippen LogP contribution in [0, 0.1) is 0 Å². The summed E-state index contributed by atoms with van der Waals surface area (Å²) in [5, 5.41) is 121. The summed E-state index contributed by atoms with van der Waals surface area (Å²) in [6, 6.07) is -1.000. The Morgan fingerprint density at radius 2 is 0.677 bits per heavy atom. The molecule has 0 radical (unpaired) electrons. The fourth-order valence-electron chi connectivity index (χ4n) is 13.3. The van der Waals surface area contributed by atoms with Gasteiger partial charge in [0.2, 0.25) is 5.91 Å². The average molecular weight is 1410 g/mol. The van der Waals surface area contributed by atoms with Crippen LogP contribution in [0.4, 0.5) is 0 Å². The van der Waals surface area contributed by atoms with Gasteiger partial charge in [0.05, 0.1) is 38.6 Å². The molecule has 19 nitrogen and oxygen atoms in total. The van der Waals surface area contributed by atoms with Crippen LogP contribution in [0.5, 0.6) is 0 Å². The van der Waals surface area contributed by atoms with E-state index in [1.165, 1.54) is 225 Å². The minimum atomic E-state index is -1.98. The molecule has 0 spiro atoms. The highest BCUT2D eigenvalue weighted by atomic mass is 16.8. The fourth-order valence-corrected chi connectivity index (χ4v) is 13.3. The van der Waals surface area contributed by atoms with Crippen molar-refractivity contribution in [3.05, 3.63) is 60.8 Å². The van der Waals surface area contributed by atoms with Crippen LogP contribution in [0.15, 0.2) is 60.8 Å². The molecule has 3 saturated heterocycles. The van der Waals surface area contributed by atoms with Gasteiger partial charge in [-0.3, -0.25) is 4.79 Å². The molecular formula is C80H145NO18. The van der Waals surface area contributed by atoms with Crippen LogP contribution >= 0.6 is 0 Å². The summed E-state index contributed by atoms with van der Waals surface area (Å²) in [6.45, 7) is 1.74. The first-order valence-corrected chi connectivity index (χ1v) is 40.0. The molecule has 17 unspecified atom stereocenters. The molecule has 1 amide bonds. The monoisotopic (exact) mass is 1410 g/mol. The number of hydrogen-bond donors (Lipinski definition) is 12. The molecular weight excluding hydrogens is 1260 g/mol. The third kappa shape index (κ3) is 41.1. The third-order valence-electron chi connectivity index (χ3n) is 19.8. The van der Waals surface area contributed by atoms with Crippen LogP contribution in [0.3, 0.4) is 0 Å². The van der Waals surface area contributed by atoms with Gasteiger partial charge < -0.3 is 89.9 Å². The van der Waals surface area contributed by atoms with Gasteiger partial charge in [0.15, 0.2) is 18.9 Å². The Kier molecular flexibility index (Phi) is 55.6. The van der Waals surface area contributed by atoms with Crippen LogP contribution in [0.25, 0.3) is 0 Å². The maximum absolute atomic E-state index is 13.5. The van der Waals surface area contributed by atoms with E-state index in [1.54, 1.807) is 6.08 Å². The lowest BCUT2D eigenvalue weighted by Crippen LogP contribution is -2.66. The molecule has 0 aromatic rings. The predicted molar refractivity (Wildman–Crippen MR) is 392 cm³/mol. The number of rotatable bonds is 63. The predicted octanol–water partition coefficient (Wildman–Crippen LogP) is 13.1. The first kappa shape index (κ1) is 90.7. The number of unbranched alkanes of at least 4 members (excludes halogenated alkanes) is 39. The minimum absolute atomic E-state index is 0.231. The van der Waals surface area contributed by atoms with Gasteiger partial charge in [-0.25, -0.2) is 0 Å². The Morgan fingerprint density at radius 1 is 0.364 bits per heavy atom. The molecule has 0 aromatic heterocycles. The molecule has 17 atom stereocenters. The molecule has 3 aliphatic rings. The molecule has 99 heavy (non-hydrogen) atoms. The molecule has 0 aliphatic carbocycles. The van der Waals surface area contributed by atoms with Crippen LogP contribution in [0.1, 0.15) is 309 Å². The van der Waals surface area contributed by atoms with Gasteiger partial charge in [-0.05, 0) is 77.0 Å². The highest BCUT2D eigenvalue weighted by Crippen LogP contribution is 2.33. The van der Waals surface area contributed by atoms with E-state index in [-0.39, 0.29) is 18.9 Å². The summed E-state index contributed by atoms with van der Waals surface area (Å²) in [4.78, 5) is 13.5. The van der Waals surface area contributed by atoms with Gasteiger partial charge in [0, 0.05) is 6.42 Å². The van der Waals surface area contributed by atoms with Crippen LogP contribution in [-0.2, 0) is 33.2 Å². The summed E-state index contributed by atoms with van der Waals surface area (Å²) < 4.78 is 34.4. The van der Waals surface area contributed by atoms with Crippen molar-refractivity contribution in [1.82, 2.24) is 5.32 Å². The molecule has 578 valence electrons. The number of allylic oxidation sites excluding steroid dienone is 9. The second-order valence-electron chi connectivity index (χ2n) is 28.5. The van der Waals surface area contributed by atoms with E-state index in [0.717, 1.165) is 51.4 Å². The lowest BCUT2D eigenvalue weighted by molar-refractivity contribution is -0.379. The largest absolute Gasteiger partial charge is 0.394 e. The van der Waals surface area contributed by atoms with Crippen molar-refractivity contribution in [2.45, 2.75) is 413 Å². The Bertz CT molecular complexity index is 2020. The standard InChI is InChI=1S/C80H145NO18/c1-3-5-7-9-11-13-15-17-19-21-23-25-27-29-31-33-35-37-39-41-43-45-47-49-51-53-55-57-64(85)63(81-68(86)58-56-54-52-50-48-46-44-42-40-38-36-34-32-30-28-26-24-22-20-18-16-14-12-10-8-6-4-2)62-94-78-74(92)71(89)76(66(60-83)96-78)99-80-75(93)72(90)77(67(61-84)97-80)98-79-73(91)70(88)69(87)65(59-82)95-79/h16,18,22,24,39,41,47,49,55,57,63-67,69-80,82-85,87-93H,3-15,17,19-21,23,25-38,40,42-46,48,50-54,56,58-62H2,1-2H3,(H,81,86)/b18-16-,24-22-,41-39+,49-47+,57-55+. The van der Waals surface area contributed by atoms with Crippen molar-refractivity contribution in [3.8, 4) is 0 Å². The molecule has 3 heterocycles. The second-order valence-corrected chi connectivity index (χ2v) is 28.5. The van der Waals surface area contributed by atoms with Crippen molar-refractivity contribution >= 4 is 5.91 Å². The number of nitrogens with one attached hydrogen (secondary N) is 1. The number of aliphatic hydroxyl groups is 11. The van der Waals surface area contributed by atoms with Crippen LogP contribution in [0.2, 0.25) is 0 Å². The minimum Gasteiger partial charge on any atom is -0.394 e. The van der Waals surface area contributed by atoms with Gasteiger partial charge in [-0.2, -0.15) is 0 Å². The van der Waals surface area contributed by atoms with E-state index in [0.29, 0.717) is 12.8 Å². The second kappa shape index (κ2) is 60.7. The molecule has 19 heteroatoms. The molecule has 3 fully saturated rings. The Labute approximate surface area is 598 Å². The average Bonchev–Trinajstić information content (AvgIpc) is 0.784. The summed E-state index contributed by atoms with van der Waals surface area (Å²) in [5.74, 6) is -0.287. The summed E-state index contributed by atoms with van der Waals surface area (Å²) in [7, 11) is 0. The smallest absolute Gasteiger partial charge is 0.220 e. The van der Waals surface area contributed by atoms with E-state index >= 15 is 0 Å². The third-order valence-corrected chi connectivity index (χ3v) is 19.8. The lowest BCUT2D eigenvalue weighted by Gasteiger charge is -2.48. The first-order valence-electron chi connectivity index (χ1n) is 40.0. The van der Waals surface area contributed by atoms with Gasteiger partial charge >= 0.3 is 0 Å². The zero-order valence-corrected chi connectivity index (χ0v) is 61.7. The van der Waals surface area contributed by atoms with E-state index in [9.17, 15) is 61.0 Å². The van der Waals surface area contributed by atoms with Crippen LogP contribution in [-0.4, -0.2) is 193 Å². The normalized spacial score (nSPS) is 26.9. The number of hydrogen-bond acceptors (Lipinski definition) is 18. The summed E-state index contributed by atoms with van der Waals surface area (Å²) >= 11 is 0. The highest BCUT2D eigenvalue weighted by Gasteiger charge is 2.54. The fraction of sp³-hybridized carbons (Fsp3) is 0.863. The SMILES string of the molecule is CCCCCCC/C=C\C/C=C\CCCCCCCCCCCCCCCCCC(=O)NC(COC1OC(CO)C(OC2OC(CO)C(OC3OC(CO)C(O)C(O)C3O)C(O)C2O)C(O)C1O)C(O)/C=C/CC/C=C/CC/C=C/CCCCCCCCCCCCCCCCCCC. The van der Waals surface area contributed by atoms with Gasteiger partial charge in [0.1, 0.15) is 73.2 Å². The molecule has 0 aromatic carbocycles. The highest BCUT2D eigenvalue weighted by molar-refractivity contribution is 5.76. The quantitative estimate of drug-likeness (QED) is 0.0199. The topological polar surface area (TPSA) is 307 Å². The number of amides is 1. The van der Waals surface area contributed by atoms with E-state index in [1.807, 2.05) is 6.08 Å². The summed E-state index contributed by atoms with van der Waals surface area (Å²) in [6.07, 6.45) is 50.6. The number of ether oxygens (including phenoxy) is 6. The first-order chi connectivity index (χ1) is 48.3. The zero-order valence-electron chi connectivity index (χ0n) is 61.7. The van der Waals surface area contributed by atoms with Crippen molar-refractivity contribution < 1.29 is 89.4 Å². The lowest BCUT2D eigenvalue weighted by atomic mass is 9.96. The van der Waals surface area contributed by atoms with Crippen molar-refractivity contribution in [1.29, 1.82) is 0 Å². The van der Waals surface area contributed by atoms with Gasteiger partial charge in [-0.1, -0.05) is 286 Å². The molecule has 12 N–H and O–H groups in total. The van der Waals surface area contributed by atoms with E-state index < -0.39 is 124 Å². The van der Waals surface area contributed by atoms with Crippen molar-refractivity contribution in [2.75, 3.05) is 26.4 Å². The Hall–Kier alpha value is -2.51.